The highest BCUT2D eigenvalue weighted by molar-refractivity contribution is 5.21. The van der Waals surface area contributed by atoms with Crippen LogP contribution < -0.4 is 11.1 Å². The Morgan fingerprint density at radius 1 is 1.20 bits per heavy atom. The molecule has 0 aromatic heterocycles. The van der Waals surface area contributed by atoms with Gasteiger partial charge in [-0.15, -0.1) is 0 Å². The fraction of sp³-hybridized carbons (Fsp3) is 0.455. The third-order valence-corrected chi connectivity index (χ3v) is 2.06. The Morgan fingerprint density at radius 3 is 2.13 bits per heavy atom. The summed E-state index contributed by atoms with van der Waals surface area (Å²) in [5.74, 6) is -1.15. The molecule has 0 aliphatic heterocycles. The first kappa shape index (κ1) is 12.1. The molecule has 1 atom stereocenters. The average molecular weight is 214 g/mol. The van der Waals surface area contributed by atoms with Crippen LogP contribution in [0.1, 0.15) is 25.5 Å². The lowest BCUT2D eigenvalue weighted by Crippen LogP contribution is -2.33. The van der Waals surface area contributed by atoms with E-state index in [-0.39, 0.29) is 12.1 Å². The maximum absolute atomic E-state index is 13.0. The predicted octanol–water partition coefficient (Wildman–Crippen LogP) is 1.96. The third kappa shape index (κ3) is 3.57. The normalized spacial score (nSPS) is 13.2. The van der Waals surface area contributed by atoms with Crippen molar-refractivity contribution >= 4 is 0 Å². The Bertz CT molecular complexity index is 306. The topological polar surface area (TPSA) is 38.0 Å². The molecular formula is C11H16F2N2. The Hall–Kier alpha value is -1.00. The molecule has 3 N–H and O–H groups in total. The van der Waals surface area contributed by atoms with Crippen molar-refractivity contribution in [2.45, 2.75) is 25.9 Å². The summed E-state index contributed by atoms with van der Waals surface area (Å²) in [6.07, 6.45) is 0. The predicted molar refractivity (Wildman–Crippen MR) is 56.4 cm³/mol. The second kappa shape index (κ2) is 5.19. The van der Waals surface area contributed by atoms with Crippen molar-refractivity contribution in [3.05, 3.63) is 35.4 Å². The van der Waals surface area contributed by atoms with Gasteiger partial charge in [0.25, 0.3) is 0 Å². The van der Waals surface area contributed by atoms with Crippen molar-refractivity contribution in [1.29, 1.82) is 0 Å². The molecule has 0 radical (unpaired) electrons. The number of hydrogen-bond acceptors (Lipinski definition) is 2. The smallest absolute Gasteiger partial charge is 0.126 e. The van der Waals surface area contributed by atoms with Gasteiger partial charge in [-0.05, 0) is 17.7 Å². The lowest BCUT2D eigenvalue weighted by molar-refractivity contribution is 0.477. The summed E-state index contributed by atoms with van der Waals surface area (Å²) >= 11 is 0. The first-order valence-electron chi connectivity index (χ1n) is 4.95. The lowest BCUT2D eigenvalue weighted by atomic mass is 10.1. The molecule has 2 nitrogen and oxygen atoms in total. The maximum Gasteiger partial charge on any atom is 0.126 e. The van der Waals surface area contributed by atoms with E-state index in [0.717, 1.165) is 6.07 Å². The zero-order chi connectivity index (χ0) is 11.4. The fourth-order valence-electron chi connectivity index (χ4n) is 1.48. The van der Waals surface area contributed by atoms with Crippen LogP contribution in [0.15, 0.2) is 18.2 Å². The molecule has 0 heterocycles. The minimum Gasteiger partial charge on any atom is -0.329 e. The summed E-state index contributed by atoms with van der Waals surface area (Å²) in [5.41, 5.74) is 6.09. The molecule has 0 aliphatic rings. The molecule has 0 amide bonds. The summed E-state index contributed by atoms with van der Waals surface area (Å²) in [6.45, 7) is 4.22. The maximum atomic E-state index is 13.0. The first-order valence-corrected chi connectivity index (χ1v) is 4.95. The quantitative estimate of drug-likeness (QED) is 0.804. The number of nitrogens with two attached hydrogens (primary N) is 1. The number of benzene rings is 1. The van der Waals surface area contributed by atoms with Crippen LogP contribution in [0.25, 0.3) is 0 Å². The van der Waals surface area contributed by atoms with E-state index in [1.54, 1.807) is 0 Å². The van der Waals surface area contributed by atoms with Gasteiger partial charge < -0.3 is 11.1 Å². The highest BCUT2D eigenvalue weighted by Gasteiger charge is 2.12. The minimum absolute atomic E-state index is 0.213. The van der Waals surface area contributed by atoms with Gasteiger partial charge in [0.05, 0.1) is 0 Å². The van der Waals surface area contributed by atoms with Gasteiger partial charge >= 0.3 is 0 Å². The lowest BCUT2D eigenvalue weighted by Gasteiger charge is -2.20. The number of nitrogens with one attached hydrogen (secondary N) is 1. The van der Waals surface area contributed by atoms with Gasteiger partial charge in [0, 0.05) is 24.7 Å². The molecule has 0 aliphatic carbocycles. The van der Waals surface area contributed by atoms with Gasteiger partial charge in [-0.2, -0.15) is 0 Å². The molecule has 0 spiro atoms. The van der Waals surface area contributed by atoms with Gasteiger partial charge in [-0.3, -0.25) is 0 Å². The van der Waals surface area contributed by atoms with E-state index in [9.17, 15) is 8.78 Å². The molecule has 0 bridgehead atoms. The van der Waals surface area contributed by atoms with Gasteiger partial charge in [-0.1, -0.05) is 13.8 Å². The second-order valence-electron chi connectivity index (χ2n) is 3.81. The summed E-state index contributed by atoms with van der Waals surface area (Å²) in [7, 11) is 0. The zero-order valence-corrected chi connectivity index (χ0v) is 8.93. The van der Waals surface area contributed by atoms with Crippen molar-refractivity contribution < 1.29 is 8.78 Å². The second-order valence-corrected chi connectivity index (χ2v) is 3.81. The van der Waals surface area contributed by atoms with Gasteiger partial charge in [-0.25, -0.2) is 8.78 Å². The highest BCUT2D eigenvalue weighted by Crippen LogP contribution is 2.16. The van der Waals surface area contributed by atoms with Gasteiger partial charge in [0.15, 0.2) is 0 Å². The van der Waals surface area contributed by atoms with Gasteiger partial charge in [0.1, 0.15) is 11.6 Å². The molecule has 0 saturated heterocycles. The molecule has 1 unspecified atom stereocenters. The van der Waals surface area contributed by atoms with Crippen LogP contribution in [-0.2, 0) is 0 Å². The highest BCUT2D eigenvalue weighted by atomic mass is 19.1. The SMILES string of the molecule is CC(C)NC(CN)c1cc(F)cc(F)c1. The van der Waals surface area contributed by atoms with Crippen LogP contribution in [0, 0.1) is 11.6 Å². The molecule has 1 rings (SSSR count). The molecule has 4 heteroatoms. The molecule has 0 fully saturated rings. The van der Waals surface area contributed by atoms with E-state index >= 15 is 0 Å². The molecule has 0 saturated carbocycles. The molecule has 1 aromatic carbocycles. The number of hydrogen-bond donors (Lipinski definition) is 2. The Morgan fingerprint density at radius 2 is 1.73 bits per heavy atom. The van der Waals surface area contributed by atoms with E-state index in [1.165, 1.54) is 12.1 Å². The average Bonchev–Trinajstić information content (AvgIpc) is 2.12. The number of rotatable bonds is 4. The molecule has 15 heavy (non-hydrogen) atoms. The van der Waals surface area contributed by atoms with E-state index in [2.05, 4.69) is 5.32 Å². The number of halogens is 2. The van der Waals surface area contributed by atoms with E-state index < -0.39 is 11.6 Å². The Balaban J connectivity index is 2.91. The molecule has 1 aromatic rings. The van der Waals surface area contributed by atoms with Crippen molar-refractivity contribution in [1.82, 2.24) is 5.32 Å². The summed E-state index contributed by atoms with van der Waals surface area (Å²) in [5, 5.41) is 3.14. The van der Waals surface area contributed by atoms with Crippen molar-refractivity contribution in [3.63, 3.8) is 0 Å². The summed E-state index contributed by atoms with van der Waals surface area (Å²) in [6, 6.07) is 3.46. The van der Waals surface area contributed by atoms with Crippen molar-refractivity contribution in [2.75, 3.05) is 6.54 Å². The van der Waals surface area contributed by atoms with Crippen LogP contribution in [0.3, 0.4) is 0 Å². The summed E-state index contributed by atoms with van der Waals surface area (Å²) < 4.78 is 25.9. The molecular weight excluding hydrogens is 198 g/mol. The standard InChI is InChI=1S/C11H16F2N2/c1-7(2)15-11(6-14)8-3-9(12)5-10(13)4-8/h3-5,7,11,15H,6,14H2,1-2H3. The monoisotopic (exact) mass is 214 g/mol. The van der Waals surface area contributed by atoms with Crippen LogP contribution >= 0.6 is 0 Å². The van der Waals surface area contributed by atoms with Crippen LogP contribution in [0.4, 0.5) is 8.78 Å². The largest absolute Gasteiger partial charge is 0.329 e. The Kier molecular flexibility index (Phi) is 4.17. The third-order valence-electron chi connectivity index (χ3n) is 2.06. The van der Waals surface area contributed by atoms with Gasteiger partial charge in [0.2, 0.25) is 0 Å². The molecule has 84 valence electrons. The minimum atomic E-state index is -0.575. The van der Waals surface area contributed by atoms with Crippen LogP contribution in [0.2, 0.25) is 0 Å². The Labute approximate surface area is 88.5 Å². The van der Waals surface area contributed by atoms with E-state index in [1.807, 2.05) is 13.8 Å². The van der Waals surface area contributed by atoms with Crippen molar-refractivity contribution in [2.24, 2.45) is 5.73 Å². The fourth-order valence-corrected chi connectivity index (χ4v) is 1.48. The first-order chi connectivity index (χ1) is 7.02. The summed E-state index contributed by atoms with van der Waals surface area (Å²) in [4.78, 5) is 0. The van der Waals surface area contributed by atoms with Crippen molar-refractivity contribution in [3.8, 4) is 0 Å². The van der Waals surface area contributed by atoms with Crippen LogP contribution in [-0.4, -0.2) is 12.6 Å². The zero-order valence-electron chi connectivity index (χ0n) is 8.93. The van der Waals surface area contributed by atoms with E-state index in [0.29, 0.717) is 12.1 Å². The van der Waals surface area contributed by atoms with Crippen LogP contribution in [0.5, 0.6) is 0 Å². The van der Waals surface area contributed by atoms with E-state index in [4.69, 9.17) is 5.73 Å².